The van der Waals surface area contributed by atoms with Crippen LogP contribution in [-0.2, 0) is 20.4 Å². The first kappa shape index (κ1) is 19.5. The molecular formula is C22H20BrO3S+. The van der Waals surface area contributed by atoms with Crippen LogP contribution in [0.25, 0.3) is 0 Å². The van der Waals surface area contributed by atoms with Crippen molar-refractivity contribution in [2.24, 2.45) is 0 Å². The van der Waals surface area contributed by atoms with Gasteiger partial charge in [-0.05, 0) is 55.5 Å². The molecule has 0 saturated heterocycles. The van der Waals surface area contributed by atoms with Crippen LogP contribution >= 0.6 is 15.9 Å². The first-order valence-corrected chi connectivity index (χ1v) is 10.7. The molecule has 0 aliphatic heterocycles. The van der Waals surface area contributed by atoms with Crippen LogP contribution in [0.4, 0.5) is 0 Å². The molecule has 0 spiro atoms. The van der Waals surface area contributed by atoms with Gasteiger partial charge in [0.1, 0.15) is 10.6 Å². The normalized spacial score (nSPS) is 11.8. The van der Waals surface area contributed by atoms with Crippen molar-refractivity contribution in [1.29, 1.82) is 0 Å². The van der Waals surface area contributed by atoms with Gasteiger partial charge in [0.2, 0.25) is 6.79 Å². The third-order valence-electron chi connectivity index (χ3n) is 3.77. The maximum atomic E-state index is 11.4. The largest absolute Gasteiger partial charge is 0.457 e. The van der Waals surface area contributed by atoms with E-state index in [0.29, 0.717) is 5.75 Å². The van der Waals surface area contributed by atoms with Crippen molar-refractivity contribution in [3.05, 3.63) is 84.9 Å². The van der Waals surface area contributed by atoms with Gasteiger partial charge in [0, 0.05) is 0 Å². The fraction of sp³-hybridized carbons (Fsp3) is 0.136. The van der Waals surface area contributed by atoms with Crippen LogP contribution in [0.1, 0.15) is 6.92 Å². The summed E-state index contributed by atoms with van der Waals surface area (Å²) in [5, 5.41) is 0. The Kier molecular flexibility index (Phi) is 6.96. The van der Waals surface area contributed by atoms with Gasteiger partial charge in [-0.25, -0.2) is 0 Å². The van der Waals surface area contributed by atoms with Gasteiger partial charge in [-0.3, -0.25) is 4.79 Å². The Morgan fingerprint density at radius 3 is 1.81 bits per heavy atom. The molecule has 0 aliphatic rings. The summed E-state index contributed by atoms with van der Waals surface area (Å²) >= 11 is 3.17. The number of hydrogen-bond acceptors (Lipinski definition) is 3. The highest BCUT2D eigenvalue weighted by Gasteiger charge is 2.28. The summed E-state index contributed by atoms with van der Waals surface area (Å²) < 4.78 is 10.5. The van der Waals surface area contributed by atoms with Gasteiger partial charge < -0.3 is 9.47 Å². The number of hydrogen-bond donors (Lipinski definition) is 0. The quantitative estimate of drug-likeness (QED) is 0.211. The number of ether oxygens (including phenoxy) is 2. The lowest BCUT2D eigenvalue weighted by Crippen LogP contribution is -2.17. The van der Waals surface area contributed by atoms with Crippen LogP contribution < -0.4 is 4.74 Å². The summed E-state index contributed by atoms with van der Waals surface area (Å²) in [6.45, 7) is 1.61. The van der Waals surface area contributed by atoms with Crippen LogP contribution in [0.5, 0.6) is 5.75 Å². The molecule has 0 fully saturated rings. The number of rotatable bonds is 7. The third-order valence-corrected chi connectivity index (χ3v) is 6.37. The molecule has 0 aliphatic carbocycles. The number of benzene rings is 3. The molecule has 3 rings (SSSR count). The monoisotopic (exact) mass is 443 g/mol. The van der Waals surface area contributed by atoms with Crippen LogP contribution in [0, 0.1) is 0 Å². The maximum absolute atomic E-state index is 11.4. The molecule has 5 heteroatoms. The maximum Gasteiger partial charge on any atom is 0.322 e. The van der Waals surface area contributed by atoms with E-state index in [4.69, 9.17) is 9.47 Å². The van der Waals surface area contributed by atoms with E-state index in [-0.39, 0.29) is 28.5 Å². The molecule has 0 amide bonds. The van der Waals surface area contributed by atoms with E-state index in [2.05, 4.69) is 76.6 Å². The predicted octanol–water partition coefficient (Wildman–Crippen LogP) is 5.44. The highest BCUT2D eigenvalue weighted by Crippen LogP contribution is 2.31. The minimum absolute atomic E-state index is 0.1000. The summed E-state index contributed by atoms with van der Waals surface area (Å²) in [6.07, 6.45) is 0. The van der Waals surface area contributed by atoms with Crippen molar-refractivity contribution >= 4 is 32.8 Å². The third kappa shape index (κ3) is 5.37. The van der Waals surface area contributed by atoms with Crippen molar-refractivity contribution in [2.75, 3.05) is 6.79 Å². The van der Waals surface area contributed by atoms with Gasteiger partial charge in [0.15, 0.2) is 14.7 Å². The fourth-order valence-corrected chi connectivity index (χ4v) is 4.68. The summed E-state index contributed by atoms with van der Waals surface area (Å²) in [6, 6.07) is 28.9. The lowest BCUT2D eigenvalue weighted by Gasteiger charge is -2.10. The molecule has 0 aromatic heterocycles. The van der Waals surface area contributed by atoms with Gasteiger partial charge in [0.05, 0.1) is 10.9 Å². The molecule has 3 aromatic rings. The van der Waals surface area contributed by atoms with Crippen molar-refractivity contribution in [2.45, 2.75) is 26.4 Å². The first-order chi connectivity index (χ1) is 13.1. The molecule has 138 valence electrons. The zero-order valence-electron chi connectivity index (χ0n) is 14.9. The molecule has 0 heterocycles. The molecule has 1 unspecified atom stereocenters. The Labute approximate surface area is 170 Å². The number of alkyl halides is 1. The van der Waals surface area contributed by atoms with Crippen LogP contribution in [0.3, 0.4) is 0 Å². The lowest BCUT2D eigenvalue weighted by atomic mass is 10.3. The average molecular weight is 444 g/mol. The summed E-state index contributed by atoms with van der Waals surface area (Å²) in [4.78, 5) is 14.8. The van der Waals surface area contributed by atoms with Crippen molar-refractivity contribution in [3.8, 4) is 5.75 Å². The molecule has 3 nitrogen and oxygen atoms in total. The highest BCUT2D eigenvalue weighted by atomic mass is 79.9. The molecule has 3 aromatic carbocycles. The van der Waals surface area contributed by atoms with Crippen LogP contribution in [-0.4, -0.2) is 17.6 Å². The minimum Gasteiger partial charge on any atom is -0.457 e. The first-order valence-electron chi connectivity index (χ1n) is 8.53. The molecule has 1 atom stereocenters. The second kappa shape index (κ2) is 9.62. The van der Waals surface area contributed by atoms with Gasteiger partial charge >= 0.3 is 5.97 Å². The molecular weight excluding hydrogens is 424 g/mol. The van der Waals surface area contributed by atoms with E-state index < -0.39 is 0 Å². The second-order valence-electron chi connectivity index (χ2n) is 5.75. The summed E-state index contributed by atoms with van der Waals surface area (Å²) in [7, 11) is -0.189. The SMILES string of the molecule is CC(Br)C(=O)OCOc1ccc([S+](c2ccccc2)c2ccccc2)cc1. The van der Waals surface area contributed by atoms with E-state index in [1.165, 1.54) is 14.7 Å². The zero-order valence-corrected chi connectivity index (χ0v) is 17.3. The predicted molar refractivity (Wildman–Crippen MR) is 111 cm³/mol. The van der Waals surface area contributed by atoms with E-state index >= 15 is 0 Å². The van der Waals surface area contributed by atoms with E-state index in [1.54, 1.807) is 6.92 Å². The van der Waals surface area contributed by atoms with Crippen molar-refractivity contribution in [1.82, 2.24) is 0 Å². The van der Waals surface area contributed by atoms with Gasteiger partial charge in [0.25, 0.3) is 0 Å². The Hall–Kier alpha value is -2.24. The molecule has 27 heavy (non-hydrogen) atoms. The Balaban J connectivity index is 1.77. The molecule has 0 bridgehead atoms. The topological polar surface area (TPSA) is 35.5 Å². The van der Waals surface area contributed by atoms with Gasteiger partial charge in [-0.15, -0.1) is 0 Å². The highest BCUT2D eigenvalue weighted by molar-refractivity contribution is 9.10. The smallest absolute Gasteiger partial charge is 0.322 e. The number of carbonyl (C=O) groups is 1. The molecule has 0 saturated carbocycles. The zero-order chi connectivity index (χ0) is 19.1. The Morgan fingerprint density at radius 1 is 0.852 bits per heavy atom. The van der Waals surface area contributed by atoms with E-state index in [0.717, 1.165) is 0 Å². The van der Waals surface area contributed by atoms with Crippen molar-refractivity contribution in [3.63, 3.8) is 0 Å². The average Bonchev–Trinajstić information content (AvgIpc) is 2.71. The van der Waals surface area contributed by atoms with Crippen LogP contribution in [0.2, 0.25) is 0 Å². The number of halogens is 1. The van der Waals surface area contributed by atoms with Gasteiger partial charge in [-0.1, -0.05) is 52.3 Å². The summed E-state index contributed by atoms with van der Waals surface area (Å²) in [5.41, 5.74) is 0. The second-order valence-corrected chi connectivity index (χ2v) is 9.15. The fourth-order valence-electron chi connectivity index (χ4n) is 2.46. The number of carbonyl (C=O) groups excluding carboxylic acids is 1. The van der Waals surface area contributed by atoms with Gasteiger partial charge in [-0.2, -0.15) is 0 Å². The van der Waals surface area contributed by atoms with Crippen LogP contribution in [0.15, 0.2) is 99.6 Å². The minimum atomic E-state index is -0.346. The Bertz CT molecular complexity index is 812. The molecule has 0 N–H and O–H groups in total. The molecule has 0 radical (unpaired) electrons. The van der Waals surface area contributed by atoms with Crippen molar-refractivity contribution < 1.29 is 14.3 Å². The standard InChI is InChI=1S/C22H20BrO3S/c1-17(23)22(24)26-16-25-18-12-14-21(15-13-18)27(19-8-4-2-5-9-19)20-10-6-3-7-11-20/h2-15,17H,16H2,1H3/q+1. The number of esters is 1. The summed E-state index contributed by atoms with van der Waals surface area (Å²) in [5.74, 6) is 0.319. The van der Waals surface area contributed by atoms with E-state index in [9.17, 15) is 4.79 Å². The Morgan fingerprint density at radius 2 is 1.33 bits per heavy atom. The van der Waals surface area contributed by atoms with E-state index in [1.807, 2.05) is 24.3 Å². The lowest BCUT2D eigenvalue weighted by molar-refractivity contribution is -0.148.